The van der Waals surface area contributed by atoms with E-state index in [1.807, 2.05) is 0 Å². The summed E-state index contributed by atoms with van der Waals surface area (Å²) in [7, 11) is 0. The Morgan fingerprint density at radius 1 is 1.21 bits per heavy atom. The lowest BCUT2D eigenvalue weighted by molar-refractivity contribution is -0.0705. The first kappa shape index (κ1) is 17.5. The summed E-state index contributed by atoms with van der Waals surface area (Å²) in [5.41, 5.74) is 0.578. The molecule has 1 saturated carbocycles. The van der Waals surface area contributed by atoms with Crippen LogP contribution in [0.15, 0.2) is 0 Å². The van der Waals surface area contributed by atoms with Crippen molar-refractivity contribution in [1.29, 1.82) is 0 Å². The predicted molar refractivity (Wildman–Crippen MR) is 88.0 cm³/mol. The molecule has 0 aromatic carbocycles. The maximum atomic E-state index is 6.28. The van der Waals surface area contributed by atoms with Crippen molar-refractivity contribution >= 4 is 15.9 Å². The molecule has 1 fully saturated rings. The molecular weight excluding hydrogens is 300 g/mol. The molecule has 0 N–H and O–H groups in total. The standard InChI is InChI=1S/C17H33BrO/c1-14(2)7-6-12-19-17(13-18)10-8-15(9-11-17)16(3,4)5/h14-15H,6-13H2,1-5H3. The second-order valence-electron chi connectivity index (χ2n) is 7.84. The molecule has 0 unspecified atom stereocenters. The fraction of sp³-hybridized carbons (Fsp3) is 1.00. The average molecular weight is 333 g/mol. The molecule has 0 atom stereocenters. The minimum atomic E-state index is 0.124. The van der Waals surface area contributed by atoms with Gasteiger partial charge in [0.25, 0.3) is 0 Å². The third-order valence-corrected chi connectivity index (χ3v) is 5.72. The second kappa shape index (κ2) is 7.45. The molecule has 19 heavy (non-hydrogen) atoms. The minimum Gasteiger partial charge on any atom is -0.374 e. The number of rotatable bonds is 6. The quantitative estimate of drug-likeness (QED) is 0.440. The summed E-state index contributed by atoms with van der Waals surface area (Å²) in [6, 6.07) is 0. The van der Waals surface area contributed by atoms with Crippen LogP contribution in [0.1, 0.15) is 73.1 Å². The Kier molecular flexibility index (Phi) is 6.86. The molecule has 114 valence electrons. The van der Waals surface area contributed by atoms with E-state index < -0.39 is 0 Å². The van der Waals surface area contributed by atoms with Crippen LogP contribution in [-0.4, -0.2) is 17.5 Å². The van der Waals surface area contributed by atoms with Crippen LogP contribution in [0.5, 0.6) is 0 Å². The summed E-state index contributed by atoms with van der Waals surface area (Å²) in [4.78, 5) is 0. The van der Waals surface area contributed by atoms with E-state index in [-0.39, 0.29) is 5.60 Å². The molecule has 0 aromatic heterocycles. The van der Waals surface area contributed by atoms with Gasteiger partial charge in [-0.3, -0.25) is 0 Å². The van der Waals surface area contributed by atoms with Crippen molar-refractivity contribution in [2.45, 2.75) is 78.7 Å². The molecule has 1 aliphatic rings. The summed E-state index contributed by atoms with van der Waals surface area (Å²) in [5.74, 6) is 1.65. The summed E-state index contributed by atoms with van der Waals surface area (Å²) in [6.07, 6.45) is 7.57. The Morgan fingerprint density at radius 3 is 2.21 bits per heavy atom. The highest BCUT2D eigenvalue weighted by atomic mass is 79.9. The van der Waals surface area contributed by atoms with E-state index in [0.29, 0.717) is 5.41 Å². The van der Waals surface area contributed by atoms with Crippen molar-refractivity contribution in [3.8, 4) is 0 Å². The second-order valence-corrected chi connectivity index (χ2v) is 8.40. The van der Waals surface area contributed by atoms with E-state index >= 15 is 0 Å². The van der Waals surface area contributed by atoms with Crippen LogP contribution in [0.4, 0.5) is 0 Å². The van der Waals surface area contributed by atoms with Crippen molar-refractivity contribution in [3.05, 3.63) is 0 Å². The molecule has 1 rings (SSSR count). The molecule has 0 saturated heterocycles. The molecular formula is C17H33BrO. The van der Waals surface area contributed by atoms with Crippen LogP contribution < -0.4 is 0 Å². The van der Waals surface area contributed by atoms with Gasteiger partial charge in [0.05, 0.1) is 5.60 Å². The zero-order valence-electron chi connectivity index (χ0n) is 13.6. The fourth-order valence-corrected chi connectivity index (χ4v) is 3.83. The van der Waals surface area contributed by atoms with E-state index in [9.17, 15) is 0 Å². The third-order valence-electron chi connectivity index (χ3n) is 4.70. The van der Waals surface area contributed by atoms with Gasteiger partial charge in [-0.25, -0.2) is 0 Å². The minimum absolute atomic E-state index is 0.124. The van der Waals surface area contributed by atoms with Gasteiger partial charge in [-0.2, -0.15) is 0 Å². The summed E-state index contributed by atoms with van der Waals surface area (Å²) >= 11 is 3.69. The predicted octanol–water partition coefficient (Wildman–Crippen LogP) is 5.81. The van der Waals surface area contributed by atoms with Gasteiger partial charge in [0.2, 0.25) is 0 Å². The van der Waals surface area contributed by atoms with E-state index in [0.717, 1.165) is 23.8 Å². The van der Waals surface area contributed by atoms with E-state index in [2.05, 4.69) is 50.5 Å². The number of hydrogen-bond donors (Lipinski definition) is 0. The first-order valence-corrected chi connectivity index (χ1v) is 9.11. The topological polar surface area (TPSA) is 9.23 Å². The fourth-order valence-electron chi connectivity index (χ4n) is 3.11. The van der Waals surface area contributed by atoms with Gasteiger partial charge >= 0.3 is 0 Å². The molecule has 1 aliphatic carbocycles. The molecule has 0 aliphatic heterocycles. The first-order chi connectivity index (χ1) is 8.79. The van der Waals surface area contributed by atoms with Crippen molar-refractivity contribution in [2.24, 2.45) is 17.3 Å². The van der Waals surface area contributed by atoms with Gasteiger partial charge in [-0.15, -0.1) is 0 Å². The van der Waals surface area contributed by atoms with Gasteiger partial charge in [-0.1, -0.05) is 50.5 Å². The van der Waals surface area contributed by atoms with Crippen LogP contribution in [0.2, 0.25) is 0 Å². The number of halogens is 1. The highest BCUT2D eigenvalue weighted by molar-refractivity contribution is 9.09. The highest BCUT2D eigenvalue weighted by Crippen LogP contribution is 2.43. The van der Waals surface area contributed by atoms with Gasteiger partial charge in [-0.05, 0) is 55.8 Å². The molecule has 0 amide bonds. The Balaban J connectivity index is 2.38. The lowest BCUT2D eigenvalue weighted by atomic mass is 9.69. The SMILES string of the molecule is CC(C)CCCOC1(CBr)CCC(C(C)(C)C)CC1. The Labute approximate surface area is 129 Å². The monoisotopic (exact) mass is 332 g/mol. The van der Waals surface area contributed by atoms with Crippen molar-refractivity contribution < 1.29 is 4.74 Å². The Bertz CT molecular complexity index is 246. The normalized spacial score (nSPS) is 28.9. The number of alkyl halides is 1. The largest absolute Gasteiger partial charge is 0.374 e. The maximum absolute atomic E-state index is 6.28. The molecule has 0 bridgehead atoms. The highest BCUT2D eigenvalue weighted by Gasteiger charge is 2.38. The van der Waals surface area contributed by atoms with Crippen molar-refractivity contribution in [2.75, 3.05) is 11.9 Å². The Hall–Kier alpha value is 0.440. The van der Waals surface area contributed by atoms with E-state index in [4.69, 9.17) is 4.74 Å². The average Bonchev–Trinajstić information content (AvgIpc) is 2.34. The van der Waals surface area contributed by atoms with Gasteiger partial charge in [0.1, 0.15) is 0 Å². The summed E-state index contributed by atoms with van der Waals surface area (Å²) < 4.78 is 6.28. The van der Waals surface area contributed by atoms with Crippen molar-refractivity contribution in [3.63, 3.8) is 0 Å². The number of hydrogen-bond acceptors (Lipinski definition) is 1. The van der Waals surface area contributed by atoms with Gasteiger partial charge < -0.3 is 4.74 Å². The van der Waals surface area contributed by atoms with E-state index in [1.54, 1.807) is 0 Å². The zero-order chi connectivity index (χ0) is 14.5. The molecule has 0 spiro atoms. The molecule has 0 heterocycles. The van der Waals surface area contributed by atoms with Crippen LogP contribution in [0.3, 0.4) is 0 Å². The molecule has 0 radical (unpaired) electrons. The van der Waals surface area contributed by atoms with Gasteiger partial charge in [0.15, 0.2) is 0 Å². The van der Waals surface area contributed by atoms with Crippen molar-refractivity contribution in [1.82, 2.24) is 0 Å². The maximum Gasteiger partial charge on any atom is 0.0779 e. The lowest BCUT2D eigenvalue weighted by Gasteiger charge is -2.43. The van der Waals surface area contributed by atoms with Crippen LogP contribution >= 0.6 is 15.9 Å². The zero-order valence-corrected chi connectivity index (χ0v) is 15.2. The smallest absolute Gasteiger partial charge is 0.0779 e. The lowest BCUT2D eigenvalue weighted by Crippen LogP contribution is -2.41. The summed E-state index contributed by atoms with van der Waals surface area (Å²) in [6.45, 7) is 12.6. The molecule has 1 nitrogen and oxygen atoms in total. The first-order valence-electron chi connectivity index (χ1n) is 7.99. The van der Waals surface area contributed by atoms with Gasteiger partial charge in [0, 0.05) is 11.9 Å². The molecule has 0 aromatic rings. The molecule has 2 heteroatoms. The van der Waals surface area contributed by atoms with Crippen LogP contribution in [-0.2, 0) is 4.74 Å². The third kappa shape index (κ3) is 5.75. The summed E-state index contributed by atoms with van der Waals surface area (Å²) in [5, 5.41) is 0.999. The van der Waals surface area contributed by atoms with Crippen LogP contribution in [0.25, 0.3) is 0 Å². The number of ether oxygens (including phenoxy) is 1. The van der Waals surface area contributed by atoms with Crippen LogP contribution in [0, 0.1) is 17.3 Å². The Morgan fingerprint density at radius 2 is 1.79 bits per heavy atom. The van der Waals surface area contributed by atoms with E-state index in [1.165, 1.54) is 38.5 Å².